The van der Waals surface area contributed by atoms with Gasteiger partial charge in [-0.05, 0) is 49.6 Å². The molecule has 2 aromatic carbocycles. The molecule has 13 heteroatoms. The highest BCUT2D eigenvalue weighted by Crippen LogP contribution is 2.38. The van der Waals surface area contributed by atoms with E-state index in [9.17, 15) is 18.0 Å². The number of halogens is 3. The number of fused-ring (bicyclic) bond motifs is 1. The SMILES string of the molecule is COc1c(CNC(C)C)cc(C(F)(F)F)cc1NC(=O)c1ccc(C)c(Nc2ncnc3cnc(N4CCCC4)nc23)c1. The summed E-state index contributed by atoms with van der Waals surface area (Å²) in [5.74, 6) is 0.594. The summed E-state index contributed by atoms with van der Waals surface area (Å²) >= 11 is 0. The highest BCUT2D eigenvalue weighted by molar-refractivity contribution is 6.06. The number of aromatic nitrogens is 4. The zero-order chi connectivity index (χ0) is 30.7. The molecule has 2 aromatic heterocycles. The van der Waals surface area contributed by atoms with E-state index in [0.717, 1.165) is 43.6 Å². The smallest absolute Gasteiger partial charge is 0.416 e. The Morgan fingerprint density at radius 2 is 1.84 bits per heavy atom. The van der Waals surface area contributed by atoms with Crippen LogP contribution in [0, 0.1) is 6.92 Å². The van der Waals surface area contributed by atoms with Gasteiger partial charge in [-0.2, -0.15) is 13.2 Å². The molecule has 4 aromatic rings. The zero-order valence-corrected chi connectivity index (χ0v) is 24.3. The van der Waals surface area contributed by atoms with E-state index in [2.05, 4.69) is 35.8 Å². The lowest BCUT2D eigenvalue weighted by Gasteiger charge is -2.19. The van der Waals surface area contributed by atoms with Gasteiger partial charge in [-0.3, -0.25) is 4.79 Å². The number of hydrogen-bond acceptors (Lipinski definition) is 9. The fourth-order valence-electron chi connectivity index (χ4n) is 4.86. The number of hydrogen-bond donors (Lipinski definition) is 3. The first-order chi connectivity index (χ1) is 20.5. The Hall–Kier alpha value is -4.52. The van der Waals surface area contributed by atoms with E-state index in [1.165, 1.54) is 13.4 Å². The predicted octanol–water partition coefficient (Wildman–Crippen LogP) is 5.85. The number of aryl methyl sites for hydroxylation is 1. The molecule has 10 nitrogen and oxygen atoms in total. The number of methoxy groups -OCH3 is 1. The Bertz CT molecular complexity index is 1640. The first kappa shape index (κ1) is 30.0. The molecule has 0 radical (unpaired) electrons. The molecule has 0 spiro atoms. The number of nitrogens with one attached hydrogen (secondary N) is 3. The van der Waals surface area contributed by atoms with Gasteiger partial charge in [-0.1, -0.05) is 19.9 Å². The van der Waals surface area contributed by atoms with E-state index < -0.39 is 17.6 Å². The maximum absolute atomic E-state index is 13.8. The maximum Gasteiger partial charge on any atom is 0.416 e. The third kappa shape index (κ3) is 6.77. The molecule has 3 N–H and O–H groups in total. The van der Waals surface area contributed by atoms with E-state index in [4.69, 9.17) is 9.72 Å². The van der Waals surface area contributed by atoms with Crippen molar-refractivity contribution in [2.45, 2.75) is 52.4 Å². The van der Waals surface area contributed by atoms with Gasteiger partial charge >= 0.3 is 6.18 Å². The molecule has 43 heavy (non-hydrogen) atoms. The third-order valence-electron chi connectivity index (χ3n) is 7.15. The van der Waals surface area contributed by atoms with Crippen molar-refractivity contribution in [1.82, 2.24) is 25.3 Å². The number of rotatable bonds is 9. The molecule has 1 aliphatic rings. The summed E-state index contributed by atoms with van der Waals surface area (Å²) in [5.41, 5.74) is 2.02. The van der Waals surface area contributed by atoms with Crippen LogP contribution in [0.15, 0.2) is 42.9 Å². The number of anilines is 4. The second-order valence-electron chi connectivity index (χ2n) is 10.7. The summed E-state index contributed by atoms with van der Waals surface area (Å²) in [6.07, 6.45) is 0.606. The molecule has 1 fully saturated rings. The van der Waals surface area contributed by atoms with Gasteiger partial charge in [0.25, 0.3) is 5.91 Å². The van der Waals surface area contributed by atoms with Gasteiger partial charge in [0.05, 0.1) is 24.6 Å². The Labute approximate surface area is 247 Å². The van der Waals surface area contributed by atoms with Gasteiger partial charge in [0.1, 0.15) is 23.1 Å². The average molecular weight is 595 g/mol. The topological polar surface area (TPSA) is 117 Å². The average Bonchev–Trinajstić information content (AvgIpc) is 3.51. The monoisotopic (exact) mass is 594 g/mol. The van der Waals surface area contributed by atoms with Crippen LogP contribution in [-0.4, -0.2) is 52.1 Å². The number of amides is 1. The van der Waals surface area contributed by atoms with Crippen LogP contribution >= 0.6 is 0 Å². The van der Waals surface area contributed by atoms with Crippen molar-refractivity contribution >= 4 is 40.1 Å². The number of carbonyl (C=O) groups excluding carboxylic acids is 1. The first-order valence-electron chi connectivity index (χ1n) is 14.0. The number of nitrogens with zero attached hydrogens (tertiary/aromatic N) is 5. The molecule has 1 aliphatic heterocycles. The Balaban J connectivity index is 1.45. The Morgan fingerprint density at radius 3 is 2.53 bits per heavy atom. The van der Waals surface area contributed by atoms with Crippen LogP contribution in [0.3, 0.4) is 0 Å². The van der Waals surface area contributed by atoms with E-state index >= 15 is 0 Å². The Kier molecular flexibility index (Phi) is 8.62. The van der Waals surface area contributed by atoms with Crippen LogP contribution < -0.4 is 25.6 Å². The first-order valence-corrected chi connectivity index (χ1v) is 14.0. The normalized spacial score (nSPS) is 13.5. The molecular weight excluding hydrogens is 561 g/mol. The minimum atomic E-state index is -4.61. The van der Waals surface area contributed by atoms with Crippen molar-refractivity contribution in [3.05, 3.63) is 65.1 Å². The van der Waals surface area contributed by atoms with E-state index in [-0.39, 0.29) is 35.2 Å². The molecule has 226 valence electrons. The van der Waals surface area contributed by atoms with Crippen LogP contribution in [0.4, 0.5) is 36.3 Å². The lowest BCUT2D eigenvalue weighted by Crippen LogP contribution is -2.23. The number of benzene rings is 2. The van der Waals surface area contributed by atoms with Crippen molar-refractivity contribution in [2.75, 3.05) is 35.7 Å². The van der Waals surface area contributed by atoms with Gasteiger partial charge < -0.3 is 25.6 Å². The number of ether oxygens (including phenoxy) is 1. The predicted molar refractivity (Wildman–Crippen MR) is 159 cm³/mol. The Morgan fingerprint density at radius 1 is 1.07 bits per heavy atom. The van der Waals surface area contributed by atoms with Crippen LogP contribution in [0.25, 0.3) is 11.0 Å². The minimum absolute atomic E-state index is 0.0287. The molecule has 0 unspecified atom stereocenters. The standard InChI is InChI=1S/C30H33F3N8O2/c1-17(2)34-14-20-11-21(30(31,32)33)13-23(26(20)43-4)39-28(42)19-8-7-18(3)22(12-19)38-27-25-24(36-16-37-27)15-35-29(40-25)41-9-5-6-10-41/h7-8,11-13,15-17,34H,5-6,9-10,14H2,1-4H3,(H,39,42)(H,36,37,38). The van der Waals surface area contributed by atoms with Crippen molar-refractivity contribution in [2.24, 2.45) is 0 Å². The van der Waals surface area contributed by atoms with E-state index in [1.54, 1.807) is 24.4 Å². The molecule has 1 saturated heterocycles. The van der Waals surface area contributed by atoms with E-state index in [1.807, 2.05) is 20.8 Å². The highest BCUT2D eigenvalue weighted by Gasteiger charge is 2.33. The van der Waals surface area contributed by atoms with Crippen molar-refractivity contribution in [3.8, 4) is 5.75 Å². The summed E-state index contributed by atoms with van der Waals surface area (Å²) in [6.45, 7) is 7.52. The largest absolute Gasteiger partial charge is 0.494 e. The summed E-state index contributed by atoms with van der Waals surface area (Å²) in [7, 11) is 1.36. The van der Waals surface area contributed by atoms with Crippen molar-refractivity contribution < 1.29 is 22.7 Å². The summed E-state index contributed by atoms with van der Waals surface area (Å²) in [6, 6.07) is 6.90. The van der Waals surface area contributed by atoms with Gasteiger partial charge in [-0.15, -0.1) is 0 Å². The quantitative estimate of drug-likeness (QED) is 0.219. The van der Waals surface area contributed by atoms with Gasteiger partial charge in [0.15, 0.2) is 5.82 Å². The summed E-state index contributed by atoms with van der Waals surface area (Å²) in [5, 5.41) is 8.99. The number of carbonyl (C=O) groups is 1. The minimum Gasteiger partial charge on any atom is -0.494 e. The molecular formula is C30H33F3N8O2. The second-order valence-corrected chi connectivity index (χ2v) is 10.7. The third-order valence-corrected chi connectivity index (χ3v) is 7.15. The van der Waals surface area contributed by atoms with Crippen LogP contribution in [0.2, 0.25) is 0 Å². The van der Waals surface area contributed by atoms with Gasteiger partial charge in [0.2, 0.25) is 5.95 Å². The summed E-state index contributed by atoms with van der Waals surface area (Å²) in [4.78, 5) is 33.3. The van der Waals surface area contributed by atoms with Crippen LogP contribution in [0.1, 0.15) is 53.7 Å². The van der Waals surface area contributed by atoms with Gasteiger partial charge in [0, 0.05) is 42.5 Å². The zero-order valence-electron chi connectivity index (χ0n) is 24.3. The highest BCUT2D eigenvalue weighted by atomic mass is 19.4. The van der Waals surface area contributed by atoms with Crippen LogP contribution in [-0.2, 0) is 12.7 Å². The molecule has 3 heterocycles. The molecule has 0 atom stereocenters. The molecule has 1 amide bonds. The molecule has 0 bridgehead atoms. The fraction of sp³-hybridized carbons (Fsp3) is 0.367. The maximum atomic E-state index is 13.8. The summed E-state index contributed by atoms with van der Waals surface area (Å²) < 4.78 is 46.8. The van der Waals surface area contributed by atoms with Crippen molar-refractivity contribution in [3.63, 3.8) is 0 Å². The van der Waals surface area contributed by atoms with E-state index in [0.29, 0.717) is 28.5 Å². The molecule has 0 saturated carbocycles. The molecule has 0 aliphatic carbocycles. The fourth-order valence-corrected chi connectivity index (χ4v) is 4.86. The second kappa shape index (κ2) is 12.4. The van der Waals surface area contributed by atoms with Crippen molar-refractivity contribution in [1.29, 1.82) is 0 Å². The lowest BCUT2D eigenvalue weighted by atomic mass is 10.1. The van der Waals surface area contributed by atoms with Crippen LogP contribution in [0.5, 0.6) is 5.75 Å². The molecule has 5 rings (SSSR count). The number of alkyl halides is 3. The van der Waals surface area contributed by atoms with Gasteiger partial charge in [-0.25, -0.2) is 19.9 Å². The lowest BCUT2D eigenvalue weighted by molar-refractivity contribution is -0.137.